The molecule has 0 aliphatic heterocycles. The first kappa shape index (κ1) is 10.1. The second kappa shape index (κ2) is 3.83. The SMILES string of the molecule is C=C(Br)c1cccc(F)c1C(C)=O. The molecule has 0 unspecified atom stereocenters. The summed E-state index contributed by atoms with van der Waals surface area (Å²) in [6, 6.07) is 4.45. The molecular formula is C10H8BrFO. The summed E-state index contributed by atoms with van der Waals surface area (Å²) in [5.41, 5.74) is 0.594. The number of Topliss-reactive ketones (excluding diaryl/α,β-unsaturated/α-hetero) is 1. The van der Waals surface area contributed by atoms with Gasteiger partial charge in [0.25, 0.3) is 0 Å². The highest BCUT2D eigenvalue weighted by molar-refractivity contribution is 9.15. The molecule has 0 amide bonds. The fourth-order valence-electron chi connectivity index (χ4n) is 1.11. The second-order valence-corrected chi connectivity index (χ2v) is 3.58. The van der Waals surface area contributed by atoms with Gasteiger partial charge >= 0.3 is 0 Å². The lowest BCUT2D eigenvalue weighted by molar-refractivity contribution is 0.101. The van der Waals surface area contributed by atoms with Crippen LogP contribution in [0.5, 0.6) is 0 Å². The number of carbonyl (C=O) groups excluding carboxylic acids is 1. The highest BCUT2D eigenvalue weighted by Gasteiger charge is 2.13. The van der Waals surface area contributed by atoms with E-state index in [4.69, 9.17) is 0 Å². The van der Waals surface area contributed by atoms with E-state index in [0.717, 1.165) is 0 Å². The zero-order chi connectivity index (χ0) is 10.0. The van der Waals surface area contributed by atoms with Crippen molar-refractivity contribution < 1.29 is 9.18 Å². The molecule has 0 spiro atoms. The summed E-state index contributed by atoms with van der Waals surface area (Å²) >= 11 is 3.12. The molecule has 0 aliphatic carbocycles. The largest absolute Gasteiger partial charge is 0.294 e. The number of hydrogen-bond acceptors (Lipinski definition) is 1. The fraction of sp³-hybridized carbons (Fsp3) is 0.100. The molecule has 1 aromatic carbocycles. The van der Waals surface area contributed by atoms with E-state index in [2.05, 4.69) is 22.5 Å². The average molecular weight is 243 g/mol. The Morgan fingerprint density at radius 2 is 2.15 bits per heavy atom. The molecule has 1 nitrogen and oxygen atoms in total. The Bertz CT molecular complexity index is 371. The molecule has 0 bridgehead atoms. The molecule has 0 atom stereocenters. The van der Waals surface area contributed by atoms with Gasteiger partial charge in [-0.05, 0) is 13.0 Å². The normalized spacial score (nSPS) is 9.77. The monoisotopic (exact) mass is 242 g/mol. The summed E-state index contributed by atoms with van der Waals surface area (Å²) in [6.45, 7) is 4.94. The summed E-state index contributed by atoms with van der Waals surface area (Å²) in [7, 11) is 0. The van der Waals surface area contributed by atoms with Crippen molar-refractivity contribution in [2.75, 3.05) is 0 Å². The maximum Gasteiger partial charge on any atom is 0.163 e. The van der Waals surface area contributed by atoms with E-state index >= 15 is 0 Å². The number of rotatable bonds is 2. The summed E-state index contributed by atoms with van der Waals surface area (Å²) in [5.74, 6) is -0.806. The van der Waals surface area contributed by atoms with Crippen LogP contribution in [0.1, 0.15) is 22.8 Å². The Balaban J connectivity index is 3.43. The lowest BCUT2D eigenvalue weighted by Crippen LogP contribution is -2.00. The third-order valence-electron chi connectivity index (χ3n) is 1.66. The van der Waals surface area contributed by atoms with Crippen LogP contribution >= 0.6 is 15.9 Å². The van der Waals surface area contributed by atoms with Gasteiger partial charge in [0.2, 0.25) is 0 Å². The highest BCUT2D eigenvalue weighted by Crippen LogP contribution is 2.24. The van der Waals surface area contributed by atoms with Crippen molar-refractivity contribution in [1.82, 2.24) is 0 Å². The van der Waals surface area contributed by atoms with Crippen molar-refractivity contribution in [3.8, 4) is 0 Å². The van der Waals surface area contributed by atoms with Crippen LogP contribution in [0.25, 0.3) is 4.48 Å². The third kappa shape index (κ3) is 2.04. The molecule has 0 fully saturated rings. The lowest BCUT2D eigenvalue weighted by atomic mass is 10.0. The van der Waals surface area contributed by atoms with Crippen molar-refractivity contribution in [2.24, 2.45) is 0 Å². The van der Waals surface area contributed by atoms with Crippen LogP contribution < -0.4 is 0 Å². The van der Waals surface area contributed by atoms with Crippen molar-refractivity contribution in [3.63, 3.8) is 0 Å². The van der Waals surface area contributed by atoms with E-state index in [1.54, 1.807) is 12.1 Å². The van der Waals surface area contributed by atoms with Gasteiger partial charge in [-0.1, -0.05) is 34.6 Å². The first-order chi connectivity index (χ1) is 6.04. The molecular weight excluding hydrogens is 235 g/mol. The van der Waals surface area contributed by atoms with Crippen LogP contribution in [0.3, 0.4) is 0 Å². The van der Waals surface area contributed by atoms with Crippen LogP contribution in [-0.4, -0.2) is 5.78 Å². The van der Waals surface area contributed by atoms with Gasteiger partial charge < -0.3 is 0 Å². The molecule has 0 radical (unpaired) electrons. The zero-order valence-corrected chi connectivity index (χ0v) is 8.69. The van der Waals surface area contributed by atoms with Crippen LogP contribution in [0.15, 0.2) is 24.8 Å². The van der Waals surface area contributed by atoms with Gasteiger partial charge in [-0.3, -0.25) is 4.79 Å². The number of benzene rings is 1. The number of ketones is 1. The summed E-state index contributed by atoms with van der Waals surface area (Å²) in [6.07, 6.45) is 0. The van der Waals surface area contributed by atoms with Gasteiger partial charge in [0.1, 0.15) is 5.82 Å². The molecule has 0 aliphatic rings. The Kier molecular flexibility index (Phi) is 2.98. The smallest absolute Gasteiger partial charge is 0.163 e. The minimum absolute atomic E-state index is 0.0874. The third-order valence-corrected chi connectivity index (χ3v) is 2.09. The van der Waals surface area contributed by atoms with Gasteiger partial charge in [0, 0.05) is 10.0 Å². The molecule has 3 heteroatoms. The lowest BCUT2D eigenvalue weighted by Gasteiger charge is -2.05. The van der Waals surface area contributed by atoms with E-state index in [9.17, 15) is 9.18 Å². The summed E-state index contributed by atoms with van der Waals surface area (Å²) in [5, 5.41) is 0. The van der Waals surface area contributed by atoms with Gasteiger partial charge in [0.05, 0.1) is 5.56 Å². The van der Waals surface area contributed by atoms with Crippen molar-refractivity contribution in [2.45, 2.75) is 6.92 Å². The summed E-state index contributed by atoms with van der Waals surface area (Å²) < 4.78 is 13.7. The Morgan fingerprint density at radius 1 is 1.54 bits per heavy atom. The average Bonchev–Trinajstić information content (AvgIpc) is 2.02. The molecule has 0 saturated heterocycles. The minimum Gasteiger partial charge on any atom is -0.294 e. The number of halogens is 2. The first-order valence-electron chi connectivity index (χ1n) is 3.68. The number of hydrogen-bond donors (Lipinski definition) is 0. The van der Waals surface area contributed by atoms with Gasteiger partial charge in [-0.15, -0.1) is 0 Å². The van der Waals surface area contributed by atoms with E-state index < -0.39 is 5.82 Å². The minimum atomic E-state index is -0.509. The molecule has 1 aromatic rings. The predicted molar refractivity (Wildman–Crippen MR) is 54.4 cm³/mol. The van der Waals surface area contributed by atoms with Crippen LogP contribution in [-0.2, 0) is 0 Å². The molecule has 68 valence electrons. The first-order valence-corrected chi connectivity index (χ1v) is 4.47. The van der Waals surface area contributed by atoms with E-state index in [-0.39, 0.29) is 11.3 Å². The van der Waals surface area contributed by atoms with Crippen LogP contribution in [0.4, 0.5) is 4.39 Å². The van der Waals surface area contributed by atoms with Crippen molar-refractivity contribution in [1.29, 1.82) is 0 Å². The Morgan fingerprint density at radius 3 is 2.54 bits per heavy atom. The van der Waals surface area contributed by atoms with E-state index in [0.29, 0.717) is 10.0 Å². The number of carbonyl (C=O) groups is 1. The Hall–Kier alpha value is -0.960. The fourth-order valence-corrected chi connectivity index (χ4v) is 1.44. The second-order valence-electron chi connectivity index (χ2n) is 2.62. The highest BCUT2D eigenvalue weighted by atomic mass is 79.9. The summed E-state index contributed by atoms with van der Waals surface area (Å²) in [4.78, 5) is 11.1. The topological polar surface area (TPSA) is 17.1 Å². The quantitative estimate of drug-likeness (QED) is 0.727. The van der Waals surface area contributed by atoms with Gasteiger partial charge in [-0.25, -0.2) is 4.39 Å². The molecule has 0 saturated carbocycles. The van der Waals surface area contributed by atoms with E-state index in [1.165, 1.54) is 13.0 Å². The zero-order valence-electron chi connectivity index (χ0n) is 7.10. The predicted octanol–water partition coefficient (Wildman–Crippen LogP) is 3.39. The standard InChI is InChI=1S/C10H8BrFO/c1-6(11)8-4-3-5-9(12)10(8)7(2)13/h3-5H,1H2,2H3. The van der Waals surface area contributed by atoms with E-state index in [1.807, 2.05) is 0 Å². The molecule has 0 aromatic heterocycles. The van der Waals surface area contributed by atoms with Gasteiger partial charge in [0.15, 0.2) is 5.78 Å². The van der Waals surface area contributed by atoms with Gasteiger partial charge in [-0.2, -0.15) is 0 Å². The molecule has 0 N–H and O–H groups in total. The van der Waals surface area contributed by atoms with Crippen molar-refractivity contribution >= 4 is 26.2 Å². The maximum absolute atomic E-state index is 13.2. The molecule has 1 rings (SSSR count). The molecule has 0 heterocycles. The maximum atomic E-state index is 13.2. The molecule has 13 heavy (non-hydrogen) atoms. The van der Waals surface area contributed by atoms with Crippen LogP contribution in [0, 0.1) is 5.82 Å². The Labute approximate surface area is 84.4 Å². The van der Waals surface area contributed by atoms with Crippen LogP contribution in [0.2, 0.25) is 0 Å². The van der Waals surface area contributed by atoms with Crippen molar-refractivity contribution in [3.05, 3.63) is 41.7 Å².